The monoisotopic (exact) mass is 525 g/mol. The number of anilines is 1. The SMILES string of the molecule is CCCCN1C(=O)NC(c2cccc(NC(=O)c3ccc(OC)cc3OC)c2)C(C(=O)OCCOC)=C1C. The number of urea groups is 1. The molecule has 0 saturated carbocycles. The van der Waals surface area contributed by atoms with Crippen molar-refractivity contribution in [3.8, 4) is 11.5 Å². The molecule has 10 nitrogen and oxygen atoms in total. The second kappa shape index (κ2) is 13.5. The number of hydrogen-bond donors (Lipinski definition) is 2. The number of methoxy groups -OCH3 is 3. The molecule has 3 amide bonds. The van der Waals surface area contributed by atoms with Gasteiger partial charge < -0.3 is 29.6 Å². The molecular weight excluding hydrogens is 490 g/mol. The lowest BCUT2D eigenvalue weighted by molar-refractivity contribution is -0.140. The molecule has 1 aliphatic rings. The zero-order valence-electron chi connectivity index (χ0n) is 22.5. The van der Waals surface area contributed by atoms with E-state index in [0.717, 1.165) is 12.8 Å². The highest BCUT2D eigenvalue weighted by Gasteiger charge is 2.36. The Morgan fingerprint density at radius 1 is 1.05 bits per heavy atom. The first-order chi connectivity index (χ1) is 18.3. The maximum absolute atomic E-state index is 13.2. The molecule has 38 heavy (non-hydrogen) atoms. The summed E-state index contributed by atoms with van der Waals surface area (Å²) in [5.74, 6) is 0.00677. The predicted octanol–water partition coefficient (Wildman–Crippen LogP) is 4.29. The second-order valence-electron chi connectivity index (χ2n) is 8.66. The highest BCUT2D eigenvalue weighted by molar-refractivity contribution is 6.06. The van der Waals surface area contributed by atoms with Gasteiger partial charge in [0.15, 0.2) is 0 Å². The number of rotatable bonds is 12. The van der Waals surface area contributed by atoms with Gasteiger partial charge in [-0.05, 0) is 43.2 Å². The van der Waals surface area contributed by atoms with Crippen LogP contribution < -0.4 is 20.1 Å². The molecular formula is C28H35N3O7. The minimum Gasteiger partial charge on any atom is -0.497 e. The lowest BCUT2D eigenvalue weighted by Crippen LogP contribution is -2.48. The third-order valence-electron chi connectivity index (χ3n) is 6.20. The van der Waals surface area contributed by atoms with Crippen LogP contribution in [0.25, 0.3) is 0 Å². The van der Waals surface area contributed by atoms with Crippen molar-refractivity contribution in [2.75, 3.05) is 46.4 Å². The lowest BCUT2D eigenvalue weighted by atomic mass is 9.94. The van der Waals surface area contributed by atoms with E-state index in [9.17, 15) is 14.4 Å². The van der Waals surface area contributed by atoms with Gasteiger partial charge in [0.1, 0.15) is 18.1 Å². The second-order valence-corrected chi connectivity index (χ2v) is 8.66. The third kappa shape index (κ3) is 6.63. The molecule has 10 heteroatoms. The minimum absolute atomic E-state index is 0.0849. The number of carbonyl (C=O) groups excluding carboxylic acids is 3. The molecule has 2 aromatic carbocycles. The van der Waals surface area contributed by atoms with E-state index < -0.39 is 12.0 Å². The number of unbranched alkanes of at least 4 members (excludes halogenated alkanes) is 1. The fraction of sp³-hybridized carbons (Fsp3) is 0.393. The van der Waals surface area contributed by atoms with Gasteiger partial charge in [-0.1, -0.05) is 25.5 Å². The molecule has 0 radical (unpaired) electrons. The summed E-state index contributed by atoms with van der Waals surface area (Å²) in [5, 5.41) is 5.80. The van der Waals surface area contributed by atoms with Crippen LogP contribution in [0.15, 0.2) is 53.7 Å². The quantitative estimate of drug-likeness (QED) is 0.314. The Morgan fingerprint density at radius 2 is 1.84 bits per heavy atom. The van der Waals surface area contributed by atoms with Crippen molar-refractivity contribution < 1.29 is 33.3 Å². The largest absolute Gasteiger partial charge is 0.497 e. The summed E-state index contributed by atoms with van der Waals surface area (Å²) in [6.07, 6.45) is 1.69. The Kier molecular flexibility index (Phi) is 10.1. The van der Waals surface area contributed by atoms with Gasteiger partial charge in [0.25, 0.3) is 5.91 Å². The van der Waals surface area contributed by atoms with Gasteiger partial charge in [0, 0.05) is 31.1 Å². The molecule has 1 atom stereocenters. The first kappa shape index (κ1) is 28.5. The zero-order valence-corrected chi connectivity index (χ0v) is 22.5. The van der Waals surface area contributed by atoms with E-state index in [1.165, 1.54) is 21.3 Å². The maximum atomic E-state index is 13.2. The fourth-order valence-electron chi connectivity index (χ4n) is 4.16. The zero-order chi connectivity index (χ0) is 27.7. The Hall–Kier alpha value is -4.05. The summed E-state index contributed by atoms with van der Waals surface area (Å²) in [5.41, 5.74) is 2.29. The fourth-order valence-corrected chi connectivity index (χ4v) is 4.16. The summed E-state index contributed by atoms with van der Waals surface area (Å²) in [6, 6.07) is 10.8. The summed E-state index contributed by atoms with van der Waals surface area (Å²) in [4.78, 5) is 40.8. The molecule has 1 aliphatic heterocycles. The number of hydrogen-bond acceptors (Lipinski definition) is 7. The number of carbonyl (C=O) groups is 3. The molecule has 0 fully saturated rings. The topological polar surface area (TPSA) is 115 Å². The van der Waals surface area contributed by atoms with E-state index in [0.29, 0.717) is 46.1 Å². The Bertz CT molecular complexity index is 1190. The van der Waals surface area contributed by atoms with E-state index in [-0.39, 0.29) is 25.2 Å². The van der Waals surface area contributed by atoms with Crippen LogP contribution in [0.2, 0.25) is 0 Å². The van der Waals surface area contributed by atoms with Crippen molar-refractivity contribution in [2.45, 2.75) is 32.7 Å². The van der Waals surface area contributed by atoms with Gasteiger partial charge >= 0.3 is 12.0 Å². The van der Waals surface area contributed by atoms with Gasteiger partial charge in [0.05, 0.1) is 38.0 Å². The summed E-state index contributed by atoms with van der Waals surface area (Å²) in [7, 11) is 4.53. The minimum atomic E-state index is -0.761. The summed E-state index contributed by atoms with van der Waals surface area (Å²) in [6.45, 7) is 4.60. The standard InChI is InChI=1S/C28H35N3O7/c1-6-7-13-31-18(2)24(27(33)38-15-14-35-3)25(30-28(31)34)19-9-8-10-20(16-19)29-26(32)22-12-11-21(36-4)17-23(22)37-5/h8-12,16-17,25H,6-7,13-15H2,1-5H3,(H,29,32)(H,30,34). The Morgan fingerprint density at radius 3 is 2.53 bits per heavy atom. The number of ether oxygens (including phenoxy) is 4. The van der Waals surface area contributed by atoms with E-state index >= 15 is 0 Å². The van der Waals surface area contributed by atoms with E-state index in [1.807, 2.05) is 6.92 Å². The van der Waals surface area contributed by atoms with E-state index in [4.69, 9.17) is 18.9 Å². The molecule has 0 saturated heterocycles. The predicted molar refractivity (Wildman–Crippen MR) is 142 cm³/mol. The molecule has 0 spiro atoms. The summed E-state index contributed by atoms with van der Waals surface area (Å²) < 4.78 is 21.0. The first-order valence-electron chi connectivity index (χ1n) is 12.4. The Balaban J connectivity index is 1.92. The van der Waals surface area contributed by atoms with Crippen molar-refractivity contribution in [1.82, 2.24) is 10.2 Å². The molecule has 0 aromatic heterocycles. The van der Waals surface area contributed by atoms with E-state index in [2.05, 4.69) is 10.6 Å². The number of benzene rings is 2. The van der Waals surface area contributed by atoms with Crippen molar-refractivity contribution >= 4 is 23.6 Å². The highest BCUT2D eigenvalue weighted by atomic mass is 16.6. The van der Waals surface area contributed by atoms with Crippen LogP contribution in [0.1, 0.15) is 48.7 Å². The van der Waals surface area contributed by atoms with Gasteiger partial charge in [-0.2, -0.15) is 0 Å². The van der Waals surface area contributed by atoms with Crippen LogP contribution in [0.3, 0.4) is 0 Å². The van der Waals surface area contributed by atoms with Gasteiger partial charge in [-0.3, -0.25) is 9.69 Å². The average Bonchev–Trinajstić information content (AvgIpc) is 2.92. The molecule has 1 unspecified atom stereocenters. The molecule has 2 aromatic rings. The lowest BCUT2D eigenvalue weighted by Gasteiger charge is -2.35. The highest BCUT2D eigenvalue weighted by Crippen LogP contribution is 2.33. The molecule has 2 N–H and O–H groups in total. The van der Waals surface area contributed by atoms with Crippen LogP contribution >= 0.6 is 0 Å². The Labute approximate surface area is 222 Å². The molecule has 1 heterocycles. The maximum Gasteiger partial charge on any atom is 0.338 e. The number of allylic oxidation sites excluding steroid dienone is 1. The van der Waals surface area contributed by atoms with Gasteiger partial charge in [-0.25, -0.2) is 9.59 Å². The molecule has 204 valence electrons. The smallest absolute Gasteiger partial charge is 0.338 e. The van der Waals surface area contributed by atoms with Crippen LogP contribution in [-0.4, -0.2) is 63.9 Å². The third-order valence-corrected chi connectivity index (χ3v) is 6.20. The van der Waals surface area contributed by atoms with Gasteiger partial charge in [0.2, 0.25) is 0 Å². The number of esters is 1. The van der Waals surface area contributed by atoms with Crippen LogP contribution in [0.4, 0.5) is 10.5 Å². The van der Waals surface area contributed by atoms with E-state index in [1.54, 1.807) is 54.3 Å². The summed E-state index contributed by atoms with van der Waals surface area (Å²) >= 11 is 0. The molecule has 3 rings (SSSR count). The number of nitrogens with one attached hydrogen (secondary N) is 2. The first-order valence-corrected chi connectivity index (χ1v) is 12.4. The van der Waals surface area contributed by atoms with Crippen LogP contribution in [0.5, 0.6) is 11.5 Å². The molecule has 0 aliphatic carbocycles. The van der Waals surface area contributed by atoms with Crippen molar-refractivity contribution in [2.24, 2.45) is 0 Å². The normalized spacial score (nSPS) is 15.1. The number of nitrogens with zero attached hydrogens (tertiary/aromatic N) is 1. The van der Waals surface area contributed by atoms with Crippen LogP contribution in [0, 0.1) is 0 Å². The van der Waals surface area contributed by atoms with Crippen molar-refractivity contribution in [3.63, 3.8) is 0 Å². The number of amides is 3. The van der Waals surface area contributed by atoms with Crippen molar-refractivity contribution in [3.05, 3.63) is 64.9 Å². The molecule has 0 bridgehead atoms. The van der Waals surface area contributed by atoms with Gasteiger partial charge in [-0.15, -0.1) is 0 Å². The van der Waals surface area contributed by atoms with Crippen LogP contribution in [-0.2, 0) is 14.3 Å². The van der Waals surface area contributed by atoms with Crippen molar-refractivity contribution in [1.29, 1.82) is 0 Å². The average molecular weight is 526 g/mol.